The minimum absolute atomic E-state index is 0.177. The number of aromatic nitrogens is 1. The quantitative estimate of drug-likeness (QED) is 0.886. The fourth-order valence-electron chi connectivity index (χ4n) is 3.78. The van der Waals surface area contributed by atoms with Gasteiger partial charge in [0.05, 0.1) is 6.10 Å². The van der Waals surface area contributed by atoms with Crippen molar-refractivity contribution in [2.24, 2.45) is 5.92 Å². The van der Waals surface area contributed by atoms with Gasteiger partial charge in [-0.05, 0) is 44.6 Å². The summed E-state index contributed by atoms with van der Waals surface area (Å²) in [5, 5.41) is 10.5. The van der Waals surface area contributed by atoms with Crippen molar-refractivity contribution < 1.29 is 9.90 Å². The van der Waals surface area contributed by atoms with Crippen LogP contribution < -0.4 is 5.43 Å². The number of benzene rings is 1. The summed E-state index contributed by atoms with van der Waals surface area (Å²) in [6.45, 7) is 4.71. The molecule has 1 fully saturated rings. The Morgan fingerprint density at radius 3 is 2.50 bits per heavy atom. The number of pyridine rings is 1. The number of aromatic amines is 1. The van der Waals surface area contributed by atoms with Crippen LogP contribution in [0.1, 0.15) is 40.2 Å². The molecule has 0 saturated carbocycles. The number of likely N-dealkylation sites (tertiary alicyclic amines) is 1. The molecule has 0 aliphatic carbocycles. The number of H-pyrrole nitrogens is 1. The Morgan fingerprint density at radius 1 is 1.23 bits per heavy atom. The summed E-state index contributed by atoms with van der Waals surface area (Å²) in [6.07, 6.45) is 1.74. The van der Waals surface area contributed by atoms with Crippen LogP contribution >= 0.6 is 0 Å². The van der Waals surface area contributed by atoms with Crippen LogP contribution in [0.5, 0.6) is 0 Å². The minimum atomic E-state index is -0.404. The lowest BCUT2D eigenvalue weighted by molar-refractivity contribution is 0.0466. The van der Waals surface area contributed by atoms with Crippen molar-refractivity contribution in [3.63, 3.8) is 0 Å². The molecule has 5 nitrogen and oxygen atoms in total. The molecular formula is C21H26N2O3. The molecule has 5 heteroatoms. The van der Waals surface area contributed by atoms with Crippen molar-refractivity contribution in [2.75, 3.05) is 13.1 Å². The van der Waals surface area contributed by atoms with Crippen molar-refractivity contribution in [1.29, 1.82) is 0 Å². The summed E-state index contributed by atoms with van der Waals surface area (Å²) in [5.41, 5.74) is 2.51. The number of nitrogens with one attached hydrogen (secondary N) is 1. The van der Waals surface area contributed by atoms with Crippen molar-refractivity contribution >= 4 is 5.91 Å². The third kappa shape index (κ3) is 4.05. The molecule has 1 atom stereocenters. The zero-order valence-corrected chi connectivity index (χ0v) is 15.4. The molecule has 0 bridgehead atoms. The van der Waals surface area contributed by atoms with Crippen LogP contribution in [0.3, 0.4) is 0 Å². The largest absolute Gasteiger partial charge is 0.392 e. The molecule has 1 saturated heterocycles. The van der Waals surface area contributed by atoms with E-state index < -0.39 is 6.10 Å². The van der Waals surface area contributed by atoms with Gasteiger partial charge in [0.15, 0.2) is 5.43 Å². The van der Waals surface area contributed by atoms with Crippen LogP contribution in [0.25, 0.3) is 0 Å². The first kappa shape index (κ1) is 18.4. The van der Waals surface area contributed by atoms with E-state index in [1.807, 2.05) is 37.3 Å². The smallest absolute Gasteiger partial charge is 0.259 e. The molecule has 0 spiro atoms. The molecular weight excluding hydrogens is 328 g/mol. The van der Waals surface area contributed by atoms with Crippen LogP contribution in [0.2, 0.25) is 0 Å². The van der Waals surface area contributed by atoms with Gasteiger partial charge in [0.1, 0.15) is 5.56 Å². The standard InChI is InChI=1S/C21H26N2O3/c1-14-12-19(25)20(15(2)22-14)21(26)23-10-8-17(9-11-23)18(24)13-16-6-4-3-5-7-16/h3-7,12,17-18,24H,8-11,13H2,1-2H3,(H,22,25)/t18-/m1/s1. The molecule has 26 heavy (non-hydrogen) atoms. The minimum Gasteiger partial charge on any atom is -0.392 e. The van der Waals surface area contributed by atoms with E-state index in [-0.39, 0.29) is 22.8 Å². The summed E-state index contributed by atoms with van der Waals surface area (Å²) in [4.78, 5) is 29.8. The highest BCUT2D eigenvalue weighted by Crippen LogP contribution is 2.24. The fourth-order valence-corrected chi connectivity index (χ4v) is 3.78. The first-order valence-electron chi connectivity index (χ1n) is 9.17. The normalized spacial score (nSPS) is 16.5. The predicted molar refractivity (Wildman–Crippen MR) is 101 cm³/mol. The second-order valence-electron chi connectivity index (χ2n) is 7.20. The van der Waals surface area contributed by atoms with Crippen molar-refractivity contribution in [1.82, 2.24) is 9.88 Å². The lowest BCUT2D eigenvalue weighted by Gasteiger charge is -2.34. The van der Waals surface area contributed by atoms with Gasteiger partial charge in [-0.25, -0.2) is 0 Å². The summed E-state index contributed by atoms with van der Waals surface area (Å²) >= 11 is 0. The Balaban J connectivity index is 1.62. The fraction of sp³-hybridized carbons (Fsp3) is 0.429. The van der Waals surface area contributed by atoms with Crippen molar-refractivity contribution in [3.05, 3.63) is 69.1 Å². The maximum absolute atomic E-state index is 12.8. The van der Waals surface area contributed by atoms with E-state index in [9.17, 15) is 14.7 Å². The molecule has 1 aromatic heterocycles. The number of nitrogens with zero attached hydrogens (tertiary/aromatic N) is 1. The van der Waals surface area contributed by atoms with Crippen molar-refractivity contribution in [2.45, 2.75) is 39.2 Å². The van der Waals surface area contributed by atoms with Crippen molar-refractivity contribution in [3.8, 4) is 0 Å². The third-order valence-corrected chi connectivity index (χ3v) is 5.23. The maximum atomic E-state index is 12.8. The summed E-state index contributed by atoms with van der Waals surface area (Å²) < 4.78 is 0. The summed E-state index contributed by atoms with van der Waals surface area (Å²) in [6, 6.07) is 11.4. The Morgan fingerprint density at radius 2 is 1.88 bits per heavy atom. The van der Waals surface area contributed by atoms with E-state index in [0.29, 0.717) is 25.2 Å². The zero-order valence-electron chi connectivity index (χ0n) is 15.4. The predicted octanol–water partition coefficient (Wildman–Crippen LogP) is 2.45. The van der Waals surface area contributed by atoms with E-state index in [1.165, 1.54) is 6.07 Å². The average Bonchev–Trinajstić information content (AvgIpc) is 2.61. The van der Waals surface area contributed by atoms with Crippen LogP contribution in [0, 0.1) is 19.8 Å². The molecule has 2 aromatic rings. The number of aryl methyl sites for hydroxylation is 2. The van der Waals surface area contributed by atoms with E-state index >= 15 is 0 Å². The molecule has 138 valence electrons. The van der Waals surface area contributed by atoms with E-state index in [2.05, 4.69) is 4.98 Å². The number of aliphatic hydroxyl groups excluding tert-OH is 1. The average molecular weight is 354 g/mol. The molecule has 1 aliphatic rings. The van der Waals surface area contributed by atoms with E-state index in [1.54, 1.807) is 11.8 Å². The van der Waals surface area contributed by atoms with Crippen LogP contribution in [0.15, 0.2) is 41.2 Å². The molecule has 1 aliphatic heterocycles. The van der Waals surface area contributed by atoms with Gasteiger partial charge in [0.25, 0.3) is 5.91 Å². The zero-order chi connectivity index (χ0) is 18.7. The molecule has 2 N–H and O–H groups in total. The Kier molecular flexibility index (Phi) is 5.57. The van der Waals surface area contributed by atoms with Gasteiger partial charge in [-0.2, -0.15) is 0 Å². The number of rotatable bonds is 4. The Bertz CT molecular complexity index is 821. The lowest BCUT2D eigenvalue weighted by atomic mass is 9.87. The molecule has 1 amide bonds. The highest BCUT2D eigenvalue weighted by Gasteiger charge is 2.29. The number of piperidine rings is 1. The second-order valence-corrected chi connectivity index (χ2v) is 7.20. The van der Waals surface area contributed by atoms with Gasteiger partial charge >= 0.3 is 0 Å². The van der Waals surface area contributed by atoms with Gasteiger partial charge < -0.3 is 15.0 Å². The second kappa shape index (κ2) is 7.87. The number of hydrogen-bond acceptors (Lipinski definition) is 3. The van der Waals surface area contributed by atoms with Gasteiger partial charge in [-0.15, -0.1) is 0 Å². The maximum Gasteiger partial charge on any atom is 0.259 e. The first-order valence-corrected chi connectivity index (χ1v) is 9.17. The number of carbonyl (C=O) groups is 1. The highest BCUT2D eigenvalue weighted by atomic mass is 16.3. The summed E-state index contributed by atoms with van der Waals surface area (Å²) in [5.74, 6) is -0.0311. The van der Waals surface area contributed by atoms with Crippen LogP contribution in [-0.4, -0.2) is 40.1 Å². The third-order valence-electron chi connectivity index (χ3n) is 5.23. The lowest BCUT2D eigenvalue weighted by Crippen LogP contribution is -2.43. The molecule has 1 aromatic carbocycles. The first-order chi connectivity index (χ1) is 12.5. The number of amides is 1. The number of hydrogen-bond donors (Lipinski definition) is 2. The molecule has 3 rings (SSSR count). The van der Waals surface area contributed by atoms with Gasteiger partial charge in [-0.3, -0.25) is 9.59 Å². The van der Waals surface area contributed by atoms with E-state index in [0.717, 1.165) is 24.1 Å². The van der Waals surface area contributed by atoms with Crippen LogP contribution in [-0.2, 0) is 6.42 Å². The van der Waals surface area contributed by atoms with Gasteiger partial charge in [0.2, 0.25) is 0 Å². The highest BCUT2D eigenvalue weighted by molar-refractivity contribution is 5.95. The van der Waals surface area contributed by atoms with E-state index in [4.69, 9.17) is 0 Å². The molecule has 2 heterocycles. The molecule has 0 radical (unpaired) electrons. The Labute approximate surface area is 153 Å². The SMILES string of the molecule is Cc1cc(=O)c(C(=O)N2CCC([C@H](O)Cc3ccccc3)CC2)c(C)[nH]1. The summed E-state index contributed by atoms with van der Waals surface area (Å²) in [7, 11) is 0. The van der Waals surface area contributed by atoms with Gasteiger partial charge in [0, 0.05) is 30.5 Å². The number of aliphatic hydroxyl groups is 1. The Hall–Kier alpha value is -2.40. The topological polar surface area (TPSA) is 73.4 Å². The molecule has 0 unspecified atom stereocenters. The monoisotopic (exact) mass is 354 g/mol. The van der Waals surface area contributed by atoms with Crippen LogP contribution in [0.4, 0.5) is 0 Å². The van der Waals surface area contributed by atoms with Gasteiger partial charge in [-0.1, -0.05) is 30.3 Å². The number of carbonyl (C=O) groups excluding carboxylic acids is 1.